The maximum atomic E-state index is 13.0. The molecule has 3 aliphatic rings. The van der Waals surface area contributed by atoms with Crippen LogP contribution in [0.4, 0.5) is 10.6 Å². The number of nitrogens with one attached hydrogen (secondary N) is 2. The van der Waals surface area contributed by atoms with E-state index in [1.165, 1.54) is 4.90 Å². The van der Waals surface area contributed by atoms with E-state index in [0.717, 1.165) is 37.1 Å². The van der Waals surface area contributed by atoms with E-state index >= 15 is 0 Å². The molecule has 38 heavy (non-hydrogen) atoms. The Hall–Kier alpha value is -3.82. The highest BCUT2D eigenvalue weighted by molar-refractivity contribution is 5.96. The van der Waals surface area contributed by atoms with Gasteiger partial charge in [-0.05, 0) is 69.7 Å². The Morgan fingerprint density at radius 3 is 2.24 bits per heavy atom. The lowest BCUT2D eigenvalue weighted by Crippen LogP contribution is -2.51. The molecular formula is C28H35N5O5. The summed E-state index contributed by atoms with van der Waals surface area (Å²) < 4.78 is 5.37. The van der Waals surface area contributed by atoms with E-state index in [2.05, 4.69) is 20.5 Å². The summed E-state index contributed by atoms with van der Waals surface area (Å²) in [6, 6.07) is 9.88. The first-order valence-electron chi connectivity index (χ1n) is 13.3. The number of aromatic nitrogens is 1. The second kappa shape index (κ2) is 10.9. The lowest BCUT2D eigenvalue weighted by Gasteiger charge is -2.40. The molecule has 3 amide bonds. The molecule has 2 aromatic rings. The highest BCUT2D eigenvalue weighted by Crippen LogP contribution is 2.38. The van der Waals surface area contributed by atoms with Crippen molar-refractivity contribution in [1.82, 2.24) is 20.5 Å². The van der Waals surface area contributed by atoms with Crippen LogP contribution in [0.1, 0.15) is 64.8 Å². The van der Waals surface area contributed by atoms with Gasteiger partial charge in [-0.3, -0.25) is 9.59 Å². The summed E-state index contributed by atoms with van der Waals surface area (Å²) in [6.07, 6.45) is 5.72. The van der Waals surface area contributed by atoms with Crippen molar-refractivity contribution in [2.75, 3.05) is 25.1 Å². The summed E-state index contributed by atoms with van der Waals surface area (Å²) in [4.78, 5) is 45.2. The number of hydrogen-bond acceptors (Lipinski definition) is 6. The Kier molecular flexibility index (Phi) is 7.40. The number of rotatable bonds is 6. The largest absolute Gasteiger partial charge is 0.496 e. The molecule has 3 N–H and O–H groups in total. The van der Waals surface area contributed by atoms with E-state index in [-0.39, 0.29) is 36.0 Å². The third kappa shape index (κ3) is 5.25. The van der Waals surface area contributed by atoms with E-state index in [0.29, 0.717) is 42.8 Å². The second-order valence-corrected chi connectivity index (χ2v) is 10.5. The molecule has 10 nitrogen and oxygen atoms in total. The number of hydrogen-bond donors (Lipinski definition) is 3. The Balaban J connectivity index is 1.17. The van der Waals surface area contributed by atoms with E-state index in [4.69, 9.17) is 9.84 Å². The number of likely N-dealkylation sites (tertiary alicyclic amines) is 1. The van der Waals surface area contributed by atoms with Crippen LogP contribution in [0.25, 0.3) is 0 Å². The zero-order valence-corrected chi connectivity index (χ0v) is 21.9. The third-order valence-corrected chi connectivity index (χ3v) is 8.19. The number of carboxylic acid groups (broad SMARTS) is 1. The molecule has 1 aromatic carbocycles. The number of pyridine rings is 1. The molecule has 5 rings (SSSR count). The molecule has 3 saturated heterocycles. The van der Waals surface area contributed by atoms with Crippen LogP contribution in [0.2, 0.25) is 0 Å². The van der Waals surface area contributed by atoms with Crippen LogP contribution in [0.3, 0.4) is 0 Å². The summed E-state index contributed by atoms with van der Waals surface area (Å²) in [6.45, 7) is 2.75. The smallest absolute Gasteiger partial charge is 0.407 e. The zero-order chi connectivity index (χ0) is 26.8. The molecule has 3 atom stereocenters. The molecular weight excluding hydrogens is 486 g/mol. The van der Waals surface area contributed by atoms with Gasteiger partial charge in [0.2, 0.25) is 0 Å². The topological polar surface area (TPSA) is 124 Å². The maximum absolute atomic E-state index is 13.0. The van der Waals surface area contributed by atoms with Gasteiger partial charge in [-0.15, -0.1) is 0 Å². The van der Waals surface area contributed by atoms with Gasteiger partial charge in [-0.25, -0.2) is 9.78 Å². The number of nitrogens with zero attached hydrogens (tertiary/aromatic N) is 3. The predicted octanol–water partition coefficient (Wildman–Crippen LogP) is 3.20. The fourth-order valence-corrected chi connectivity index (χ4v) is 6.17. The normalized spacial score (nSPS) is 23.2. The van der Waals surface area contributed by atoms with Crippen molar-refractivity contribution in [3.63, 3.8) is 0 Å². The fourth-order valence-electron chi connectivity index (χ4n) is 6.17. The minimum absolute atomic E-state index is 0.0383. The summed E-state index contributed by atoms with van der Waals surface area (Å²) in [5, 5.41) is 15.3. The zero-order valence-electron chi connectivity index (χ0n) is 21.9. The highest BCUT2D eigenvalue weighted by Gasteiger charge is 2.42. The summed E-state index contributed by atoms with van der Waals surface area (Å²) in [7, 11) is 1.61. The number of amides is 3. The number of carbonyl (C=O) groups is 3. The minimum atomic E-state index is -0.915. The molecule has 1 aromatic heterocycles. The van der Waals surface area contributed by atoms with Gasteiger partial charge in [-0.2, -0.15) is 0 Å². The average Bonchev–Trinajstić information content (AvgIpc) is 3.19. The summed E-state index contributed by atoms with van der Waals surface area (Å²) in [5.74, 6) is 1.31. The van der Waals surface area contributed by atoms with Crippen LogP contribution in [0.15, 0.2) is 36.5 Å². The Morgan fingerprint density at radius 1 is 0.947 bits per heavy atom. The first kappa shape index (κ1) is 25.8. The van der Waals surface area contributed by atoms with Crippen LogP contribution in [0, 0.1) is 6.92 Å². The lowest BCUT2D eigenvalue weighted by atomic mass is 9.96. The highest BCUT2D eigenvalue weighted by atomic mass is 16.5. The average molecular weight is 522 g/mol. The van der Waals surface area contributed by atoms with Crippen molar-refractivity contribution >= 4 is 23.7 Å². The number of piperidine rings is 2. The van der Waals surface area contributed by atoms with Crippen molar-refractivity contribution < 1.29 is 24.2 Å². The summed E-state index contributed by atoms with van der Waals surface area (Å²) >= 11 is 0. The number of fused-ring (bicyclic) bond motifs is 2. The Morgan fingerprint density at radius 2 is 1.63 bits per heavy atom. The monoisotopic (exact) mass is 521 g/mol. The minimum Gasteiger partial charge on any atom is -0.496 e. The van der Waals surface area contributed by atoms with Gasteiger partial charge < -0.3 is 30.3 Å². The molecule has 3 aliphatic heterocycles. The van der Waals surface area contributed by atoms with Crippen LogP contribution < -0.4 is 20.3 Å². The van der Waals surface area contributed by atoms with Gasteiger partial charge in [0.05, 0.1) is 12.7 Å². The van der Waals surface area contributed by atoms with Gasteiger partial charge in [-0.1, -0.05) is 6.07 Å². The van der Waals surface area contributed by atoms with E-state index < -0.39 is 6.09 Å². The molecule has 202 valence electrons. The van der Waals surface area contributed by atoms with Gasteiger partial charge in [0.25, 0.3) is 11.8 Å². The molecule has 3 fully saturated rings. The molecule has 0 aliphatic carbocycles. The van der Waals surface area contributed by atoms with Gasteiger partial charge in [0, 0.05) is 54.6 Å². The van der Waals surface area contributed by atoms with Gasteiger partial charge in [0.15, 0.2) is 0 Å². The molecule has 0 saturated carbocycles. The Bertz CT molecular complexity index is 1180. The lowest BCUT2D eigenvalue weighted by molar-refractivity contribution is 0.0903. The van der Waals surface area contributed by atoms with Crippen LogP contribution in [-0.2, 0) is 0 Å². The van der Waals surface area contributed by atoms with Crippen molar-refractivity contribution in [2.45, 2.75) is 69.6 Å². The molecule has 4 heterocycles. The van der Waals surface area contributed by atoms with Gasteiger partial charge in [0.1, 0.15) is 11.6 Å². The third-order valence-electron chi connectivity index (χ3n) is 8.19. The first-order valence-corrected chi connectivity index (χ1v) is 13.3. The SMILES string of the molecule is COc1cccc(C(=O)NC2C[C@H]3CC[C@@H](C2)N3c2ccc(C(=O)NC3CCN(C(=O)O)CC3)cn2)c1C. The van der Waals surface area contributed by atoms with E-state index in [1.807, 2.05) is 37.3 Å². The standard InChI is InChI=1S/C28H35N5O5/c1-17-23(4-3-5-24(17)38-2)27(35)31-20-14-21-7-8-22(15-20)33(21)25-9-6-18(16-29-25)26(34)30-19-10-12-32(13-11-19)28(36)37/h3-6,9,16,19-22H,7-8,10-15H2,1-2H3,(H,30,34)(H,31,35)(H,36,37)/t20?,21-,22+. The second-order valence-electron chi connectivity index (χ2n) is 10.5. The fraction of sp³-hybridized carbons (Fsp3) is 0.500. The van der Waals surface area contributed by atoms with Crippen molar-refractivity contribution in [3.8, 4) is 5.75 Å². The number of carbonyl (C=O) groups excluding carboxylic acids is 2. The summed E-state index contributed by atoms with van der Waals surface area (Å²) in [5.41, 5.74) is 1.98. The quantitative estimate of drug-likeness (QED) is 0.533. The molecule has 1 unspecified atom stereocenters. The number of anilines is 1. The number of benzene rings is 1. The van der Waals surface area contributed by atoms with Crippen molar-refractivity contribution in [1.29, 1.82) is 0 Å². The Labute approximate surface area is 222 Å². The van der Waals surface area contributed by atoms with Crippen LogP contribution in [-0.4, -0.2) is 77.3 Å². The van der Waals surface area contributed by atoms with Crippen molar-refractivity contribution in [2.24, 2.45) is 0 Å². The van der Waals surface area contributed by atoms with E-state index in [9.17, 15) is 14.4 Å². The maximum Gasteiger partial charge on any atom is 0.407 e. The predicted molar refractivity (Wildman–Crippen MR) is 142 cm³/mol. The molecule has 0 spiro atoms. The van der Waals surface area contributed by atoms with Crippen LogP contribution >= 0.6 is 0 Å². The molecule has 2 bridgehead atoms. The number of ether oxygens (including phenoxy) is 1. The molecule has 0 radical (unpaired) electrons. The van der Waals surface area contributed by atoms with E-state index in [1.54, 1.807) is 13.3 Å². The van der Waals surface area contributed by atoms with Gasteiger partial charge >= 0.3 is 6.09 Å². The number of methoxy groups -OCH3 is 1. The molecule has 10 heteroatoms. The van der Waals surface area contributed by atoms with Crippen LogP contribution in [0.5, 0.6) is 5.75 Å². The first-order chi connectivity index (χ1) is 18.3. The van der Waals surface area contributed by atoms with Crippen molar-refractivity contribution in [3.05, 3.63) is 53.2 Å².